The number of nitriles is 1. The zero-order chi connectivity index (χ0) is 12.3. The molecule has 0 bridgehead atoms. The average Bonchev–Trinajstić information content (AvgIpc) is 2.39. The maximum absolute atomic E-state index is 12.0. The number of phenols is 1. The molecule has 0 aliphatic rings. The molecule has 3 nitrogen and oxygen atoms in total. The van der Waals surface area contributed by atoms with Crippen LogP contribution in [0.25, 0.3) is 0 Å². The van der Waals surface area contributed by atoms with E-state index in [-0.39, 0.29) is 11.5 Å². The molecule has 0 saturated heterocycles. The molecular formula is C14H9NO2. The van der Waals surface area contributed by atoms with Crippen LogP contribution >= 0.6 is 0 Å². The number of hydrogen-bond donors (Lipinski definition) is 1. The van der Waals surface area contributed by atoms with Gasteiger partial charge in [-0.05, 0) is 48.5 Å². The van der Waals surface area contributed by atoms with E-state index >= 15 is 0 Å². The van der Waals surface area contributed by atoms with Gasteiger partial charge in [-0.2, -0.15) is 5.26 Å². The van der Waals surface area contributed by atoms with Crippen LogP contribution in [0.15, 0.2) is 48.5 Å². The summed E-state index contributed by atoms with van der Waals surface area (Å²) in [5, 5.41) is 17.8. The Labute approximate surface area is 98.6 Å². The number of carbonyl (C=O) groups excluding carboxylic acids is 1. The zero-order valence-corrected chi connectivity index (χ0v) is 8.92. The fourth-order valence-corrected chi connectivity index (χ4v) is 1.48. The van der Waals surface area contributed by atoms with Crippen LogP contribution in [0, 0.1) is 11.3 Å². The molecule has 0 amide bonds. The van der Waals surface area contributed by atoms with Gasteiger partial charge in [0.05, 0.1) is 11.6 Å². The Bertz CT molecular complexity index is 577. The number of phenolic OH excluding ortho intramolecular Hbond substituents is 1. The largest absolute Gasteiger partial charge is 0.508 e. The standard InChI is InChI=1S/C14H9NO2/c15-9-10-1-3-11(4-2-10)14(17)12-5-7-13(16)8-6-12/h1-8,16H. The number of benzene rings is 2. The van der Waals surface area contributed by atoms with Crippen molar-refractivity contribution in [3.05, 3.63) is 65.2 Å². The summed E-state index contributed by atoms with van der Waals surface area (Å²) in [7, 11) is 0. The summed E-state index contributed by atoms with van der Waals surface area (Å²) in [5.41, 5.74) is 1.55. The van der Waals surface area contributed by atoms with Gasteiger partial charge in [-0.25, -0.2) is 0 Å². The molecule has 3 heteroatoms. The van der Waals surface area contributed by atoms with Crippen LogP contribution in [-0.4, -0.2) is 10.9 Å². The van der Waals surface area contributed by atoms with Crippen molar-refractivity contribution < 1.29 is 9.90 Å². The van der Waals surface area contributed by atoms with Crippen LogP contribution in [0.4, 0.5) is 0 Å². The third-order valence-corrected chi connectivity index (χ3v) is 2.41. The van der Waals surface area contributed by atoms with E-state index in [1.54, 1.807) is 36.4 Å². The minimum atomic E-state index is -0.130. The first-order valence-corrected chi connectivity index (χ1v) is 5.04. The third kappa shape index (κ3) is 2.32. The monoisotopic (exact) mass is 223 g/mol. The molecular weight excluding hydrogens is 214 g/mol. The molecule has 0 spiro atoms. The third-order valence-electron chi connectivity index (χ3n) is 2.41. The summed E-state index contributed by atoms with van der Waals surface area (Å²) in [4.78, 5) is 12.0. The molecule has 0 atom stereocenters. The maximum Gasteiger partial charge on any atom is 0.193 e. The molecule has 2 aromatic carbocycles. The number of hydrogen-bond acceptors (Lipinski definition) is 3. The van der Waals surface area contributed by atoms with Crippen LogP contribution in [0.3, 0.4) is 0 Å². The van der Waals surface area contributed by atoms with Crippen molar-refractivity contribution in [3.63, 3.8) is 0 Å². The summed E-state index contributed by atoms with van der Waals surface area (Å²) in [6.07, 6.45) is 0. The van der Waals surface area contributed by atoms with Crippen molar-refractivity contribution in [1.29, 1.82) is 5.26 Å². The highest BCUT2D eigenvalue weighted by Gasteiger charge is 2.08. The lowest BCUT2D eigenvalue weighted by Gasteiger charge is -2.01. The molecule has 0 aliphatic carbocycles. The van der Waals surface area contributed by atoms with Gasteiger partial charge in [0.25, 0.3) is 0 Å². The minimum absolute atomic E-state index is 0.126. The molecule has 17 heavy (non-hydrogen) atoms. The topological polar surface area (TPSA) is 61.1 Å². The van der Waals surface area contributed by atoms with E-state index in [4.69, 9.17) is 10.4 Å². The lowest BCUT2D eigenvalue weighted by molar-refractivity contribution is 0.103. The van der Waals surface area contributed by atoms with E-state index in [1.165, 1.54) is 12.1 Å². The lowest BCUT2D eigenvalue weighted by Crippen LogP contribution is -2.00. The van der Waals surface area contributed by atoms with Gasteiger partial charge in [-0.3, -0.25) is 4.79 Å². The first kappa shape index (κ1) is 10.9. The summed E-state index contributed by atoms with van der Waals surface area (Å²) in [5.74, 6) is -0.00383. The van der Waals surface area contributed by atoms with Gasteiger partial charge in [-0.1, -0.05) is 0 Å². The highest BCUT2D eigenvalue weighted by atomic mass is 16.3. The van der Waals surface area contributed by atoms with Gasteiger partial charge in [0.1, 0.15) is 5.75 Å². The predicted molar refractivity (Wildman–Crippen MR) is 62.7 cm³/mol. The van der Waals surface area contributed by atoms with Crippen molar-refractivity contribution >= 4 is 5.78 Å². The lowest BCUT2D eigenvalue weighted by atomic mass is 10.0. The predicted octanol–water partition coefficient (Wildman–Crippen LogP) is 2.49. The highest BCUT2D eigenvalue weighted by Crippen LogP contribution is 2.14. The van der Waals surface area contributed by atoms with E-state index in [1.807, 2.05) is 6.07 Å². The molecule has 0 fully saturated rings. The molecule has 0 radical (unpaired) electrons. The van der Waals surface area contributed by atoms with Crippen molar-refractivity contribution in [2.75, 3.05) is 0 Å². The molecule has 2 rings (SSSR count). The number of ketones is 1. The van der Waals surface area contributed by atoms with E-state index in [0.717, 1.165) is 0 Å². The number of carbonyl (C=O) groups is 1. The summed E-state index contributed by atoms with van der Waals surface area (Å²) >= 11 is 0. The molecule has 1 N–H and O–H groups in total. The second kappa shape index (κ2) is 4.50. The average molecular weight is 223 g/mol. The van der Waals surface area contributed by atoms with Crippen molar-refractivity contribution in [3.8, 4) is 11.8 Å². The Kier molecular flexibility index (Phi) is 2.89. The second-order valence-electron chi connectivity index (χ2n) is 3.57. The Hall–Kier alpha value is -2.60. The summed E-state index contributed by atoms with van der Waals surface area (Å²) in [6.45, 7) is 0. The van der Waals surface area contributed by atoms with Crippen molar-refractivity contribution in [2.45, 2.75) is 0 Å². The van der Waals surface area contributed by atoms with E-state index in [0.29, 0.717) is 16.7 Å². The van der Waals surface area contributed by atoms with Crippen LogP contribution in [-0.2, 0) is 0 Å². The van der Waals surface area contributed by atoms with Crippen LogP contribution < -0.4 is 0 Å². The number of aromatic hydroxyl groups is 1. The Morgan fingerprint density at radius 1 is 0.941 bits per heavy atom. The Balaban J connectivity index is 2.31. The SMILES string of the molecule is N#Cc1ccc(C(=O)c2ccc(O)cc2)cc1. The smallest absolute Gasteiger partial charge is 0.193 e. The van der Waals surface area contributed by atoms with Gasteiger partial charge in [0, 0.05) is 11.1 Å². The zero-order valence-electron chi connectivity index (χ0n) is 8.92. The van der Waals surface area contributed by atoms with Gasteiger partial charge >= 0.3 is 0 Å². The van der Waals surface area contributed by atoms with Crippen molar-refractivity contribution in [1.82, 2.24) is 0 Å². The van der Waals surface area contributed by atoms with Crippen LogP contribution in [0.2, 0.25) is 0 Å². The van der Waals surface area contributed by atoms with Gasteiger partial charge < -0.3 is 5.11 Å². The summed E-state index contributed by atoms with van der Waals surface area (Å²) in [6, 6.07) is 14.5. The molecule has 2 aromatic rings. The Morgan fingerprint density at radius 3 is 1.88 bits per heavy atom. The molecule has 0 aromatic heterocycles. The number of rotatable bonds is 2. The summed E-state index contributed by atoms with van der Waals surface area (Å²) < 4.78 is 0. The van der Waals surface area contributed by atoms with E-state index in [9.17, 15) is 4.79 Å². The maximum atomic E-state index is 12.0. The fraction of sp³-hybridized carbons (Fsp3) is 0. The second-order valence-corrected chi connectivity index (χ2v) is 3.57. The Morgan fingerprint density at radius 2 is 1.41 bits per heavy atom. The van der Waals surface area contributed by atoms with E-state index in [2.05, 4.69) is 0 Å². The van der Waals surface area contributed by atoms with Crippen LogP contribution in [0.1, 0.15) is 21.5 Å². The highest BCUT2D eigenvalue weighted by molar-refractivity contribution is 6.09. The quantitative estimate of drug-likeness (QED) is 0.795. The van der Waals surface area contributed by atoms with Crippen LogP contribution in [0.5, 0.6) is 5.75 Å². The first-order chi connectivity index (χ1) is 8.20. The normalized spacial score (nSPS) is 9.59. The molecule has 82 valence electrons. The fourth-order valence-electron chi connectivity index (χ4n) is 1.48. The molecule has 0 unspecified atom stereocenters. The molecule has 0 aliphatic heterocycles. The van der Waals surface area contributed by atoms with Gasteiger partial charge in [-0.15, -0.1) is 0 Å². The van der Waals surface area contributed by atoms with Gasteiger partial charge in [0.15, 0.2) is 5.78 Å². The van der Waals surface area contributed by atoms with E-state index < -0.39 is 0 Å². The minimum Gasteiger partial charge on any atom is -0.508 e. The van der Waals surface area contributed by atoms with Crippen molar-refractivity contribution in [2.24, 2.45) is 0 Å². The van der Waals surface area contributed by atoms with Gasteiger partial charge in [0.2, 0.25) is 0 Å². The molecule has 0 saturated carbocycles. The first-order valence-electron chi connectivity index (χ1n) is 5.04. The molecule has 0 heterocycles. The number of nitrogens with zero attached hydrogens (tertiary/aromatic N) is 1.